The molecule has 1 aromatic carbocycles. The van der Waals surface area contributed by atoms with Crippen LogP contribution in [0.4, 0.5) is 8.78 Å². The topological polar surface area (TPSA) is 56.0 Å². The summed E-state index contributed by atoms with van der Waals surface area (Å²) in [5.74, 6) is -0.958. The van der Waals surface area contributed by atoms with E-state index in [4.69, 9.17) is 0 Å². The second-order valence-electron chi connectivity index (χ2n) is 4.90. The molecule has 4 rings (SSSR count). The third kappa shape index (κ3) is 2.67. The molecule has 0 aliphatic rings. The molecule has 0 saturated heterocycles. The molecule has 118 valence electrons. The predicted octanol–water partition coefficient (Wildman–Crippen LogP) is 3.70. The van der Waals surface area contributed by atoms with Crippen molar-refractivity contribution >= 4 is 28.4 Å². The third-order valence-corrected chi connectivity index (χ3v) is 4.14. The predicted molar refractivity (Wildman–Crippen MR) is 87.2 cm³/mol. The van der Waals surface area contributed by atoms with E-state index in [0.29, 0.717) is 9.97 Å². The first-order chi connectivity index (χ1) is 11.7. The molecule has 4 aromatic rings. The fourth-order valence-corrected chi connectivity index (χ4v) is 2.92. The van der Waals surface area contributed by atoms with Gasteiger partial charge in [-0.15, -0.1) is 10.2 Å². The van der Waals surface area contributed by atoms with Gasteiger partial charge in [-0.1, -0.05) is 23.5 Å². The van der Waals surface area contributed by atoms with Crippen molar-refractivity contribution in [2.75, 3.05) is 0 Å². The number of fused-ring (bicyclic) bond motifs is 1. The molecule has 0 amide bonds. The summed E-state index contributed by atoms with van der Waals surface area (Å²) >= 11 is 1.30. The molecule has 0 atom stereocenters. The molecule has 0 aliphatic heterocycles. The maximum atomic E-state index is 13.9. The molecule has 0 spiro atoms. The van der Waals surface area contributed by atoms with Gasteiger partial charge in [0.1, 0.15) is 16.6 Å². The van der Waals surface area contributed by atoms with E-state index in [9.17, 15) is 8.78 Å². The third-order valence-electron chi connectivity index (χ3n) is 3.28. The van der Waals surface area contributed by atoms with Crippen LogP contribution < -0.4 is 0 Å². The summed E-state index contributed by atoms with van der Waals surface area (Å²) < 4.78 is 28.7. The Kier molecular flexibility index (Phi) is 3.58. The lowest BCUT2D eigenvalue weighted by molar-refractivity contribution is 0.601. The first kappa shape index (κ1) is 14.6. The van der Waals surface area contributed by atoms with Crippen molar-refractivity contribution in [2.45, 2.75) is 0 Å². The van der Waals surface area contributed by atoms with Gasteiger partial charge in [0.15, 0.2) is 5.82 Å². The van der Waals surface area contributed by atoms with Gasteiger partial charge in [-0.3, -0.25) is 4.98 Å². The average Bonchev–Trinajstić information content (AvgIpc) is 3.16. The summed E-state index contributed by atoms with van der Waals surface area (Å²) in [6.45, 7) is 0. The van der Waals surface area contributed by atoms with Crippen molar-refractivity contribution in [3.63, 3.8) is 0 Å². The first-order valence-electron chi connectivity index (χ1n) is 6.96. The highest BCUT2D eigenvalue weighted by Crippen LogP contribution is 2.25. The van der Waals surface area contributed by atoms with Gasteiger partial charge < -0.3 is 0 Å². The molecule has 0 fully saturated rings. The summed E-state index contributed by atoms with van der Waals surface area (Å²) in [6, 6.07) is 6.94. The monoisotopic (exact) mass is 341 g/mol. The molecule has 3 aromatic heterocycles. The Balaban J connectivity index is 1.74. The van der Waals surface area contributed by atoms with Crippen LogP contribution in [0.15, 0.2) is 42.7 Å². The summed E-state index contributed by atoms with van der Waals surface area (Å²) in [4.78, 5) is 4.53. The Morgan fingerprint density at radius 1 is 1.08 bits per heavy atom. The molecule has 0 bridgehead atoms. The molecule has 0 aliphatic carbocycles. The van der Waals surface area contributed by atoms with Crippen LogP contribution in [0.5, 0.6) is 0 Å². The molecular formula is C16H9F2N5S. The van der Waals surface area contributed by atoms with E-state index in [1.807, 2.05) is 24.3 Å². The van der Waals surface area contributed by atoms with Crippen molar-refractivity contribution < 1.29 is 8.78 Å². The molecular weight excluding hydrogens is 332 g/mol. The van der Waals surface area contributed by atoms with Gasteiger partial charge in [0, 0.05) is 12.4 Å². The zero-order chi connectivity index (χ0) is 16.5. The lowest BCUT2D eigenvalue weighted by Crippen LogP contribution is -1.94. The van der Waals surface area contributed by atoms with Crippen LogP contribution >= 0.6 is 11.3 Å². The van der Waals surface area contributed by atoms with Crippen molar-refractivity contribution in [1.29, 1.82) is 0 Å². The largest absolute Gasteiger partial charge is 0.264 e. The summed E-state index contributed by atoms with van der Waals surface area (Å²) in [6.07, 6.45) is 7.09. The van der Waals surface area contributed by atoms with E-state index < -0.39 is 11.6 Å². The standard InChI is InChI=1S/C16H9F2N5S/c17-11-4-5-13(18)12(8-11)15-20-21-16-23(15)22-14(24-16)6-3-10-2-1-7-19-9-10/h1-9H/b6-3+. The van der Waals surface area contributed by atoms with Gasteiger partial charge in [-0.25, -0.2) is 8.78 Å². The number of hydrogen-bond donors (Lipinski definition) is 0. The number of halogens is 2. The summed E-state index contributed by atoms with van der Waals surface area (Å²) in [5.41, 5.74) is 0.954. The van der Waals surface area contributed by atoms with E-state index in [0.717, 1.165) is 23.8 Å². The smallest absolute Gasteiger partial charge is 0.235 e. The highest BCUT2D eigenvalue weighted by atomic mass is 32.1. The van der Waals surface area contributed by atoms with Crippen molar-refractivity contribution in [2.24, 2.45) is 0 Å². The number of aromatic nitrogens is 5. The van der Waals surface area contributed by atoms with Gasteiger partial charge in [0.25, 0.3) is 0 Å². The van der Waals surface area contributed by atoms with Crippen LogP contribution in [0.25, 0.3) is 28.5 Å². The Morgan fingerprint density at radius 3 is 2.83 bits per heavy atom. The summed E-state index contributed by atoms with van der Waals surface area (Å²) in [7, 11) is 0. The Hall–Kier alpha value is -3.00. The van der Waals surface area contributed by atoms with E-state index in [1.165, 1.54) is 15.9 Å². The van der Waals surface area contributed by atoms with Crippen LogP contribution in [-0.4, -0.2) is 24.8 Å². The van der Waals surface area contributed by atoms with E-state index in [-0.39, 0.29) is 11.4 Å². The van der Waals surface area contributed by atoms with Crippen LogP contribution in [-0.2, 0) is 0 Å². The highest BCUT2D eigenvalue weighted by molar-refractivity contribution is 7.17. The van der Waals surface area contributed by atoms with E-state index in [1.54, 1.807) is 12.4 Å². The number of benzene rings is 1. The molecule has 24 heavy (non-hydrogen) atoms. The molecule has 0 N–H and O–H groups in total. The lowest BCUT2D eigenvalue weighted by atomic mass is 10.2. The van der Waals surface area contributed by atoms with Gasteiger partial charge in [-0.2, -0.15) is 9.61 Å². The van der Waals surface area contributed by atoms with Crippen LogP contribution in [0.3, 0.4) is 0 Å². The van der Waals surface area contributed by atoms with E-state index >= 15 is 0 Å². The molecule has 0 saturated carbocycles. The maximum absolute atomic E-state index is 13.9. The minimum atomic E-state index is -0.578. The van der Waals surface area contributed by atoms with Gasteiger partial charge in [0.05, 0.1) is 5.56 Å². The second-order valence-corrected chi connectivity index (χ2v) is 5.89. The number of nitrogens with zero attached hydrogens (tertiary/aromatic N) is 5. The first-order valence-corrected chi connectivity index (χ1v) is 7.78. The SMILES string of the molecule is Fc1ccc(F)c(-c2nnc3sc(/C=C/c4cccnc4)nn23)c1. The fraction of sp³-hybridized carbons (Fsp3) is 0. The van der Waals surface area contributed by atoms with E-state index in [2.05, 4.69) is 20.3 Å². The van der Waals surface area contributed by atoms with Gasteiger partial charge >= 0.3 is 0 Å². The van der Waals surface area contributed by atoms with Crippen molar-refractivity contribution in [3.8, 4) is 11.4 Å². The minimum absolute atomic E-state index is 0.0237. The van der Waals surface area contributed by atoms with Crippen molar-refractivity contribution in [1.82, 2.24) is 24.8 Å². The quantitative estimate of drug-likeness (QED) is 0.570. The minimum Gasteiger partial charge on any atom is -0.264 e. The average molecular weight is 341 g/mol. The van der Waals surface area contributed by atoms with Crippen LogP contribution in [0.1, 0.15) is 10.6 Å². The molecule has 3 heterocycles. The highest BCUT2D eigenvalue weighted by Gasteiger charge is 2.16. The van der Waals surface area contributed by atoms with Crippen molar-refractivity contribution in [3.05, 3.63) is 64.9 Å². The number of pyridine rings is 1. The number of hydrogen-bond acceptors (Lipinski definition) is 5. The van der Waals surface area contributed by atoms with Crippen LogP contribution in [0, 0.1) is 11.6 Å². The molecule has 0 radical (unpaired) electrons. The summed E-state index contributed by atoms with van der Waals surface area (Å²) in [5, 5.41) is 12.9. The maximum Gasteiger partial charge on any atom is 0.235 e. The zero-order valence-electron chi connectivity index (χ0n) is 12.1. The zero-order valence-corrected chi connectivity index (χ0v) is 12.9. The molecule has 5 nitrogen and oxygen atoms in total. The number of rotatable bonds is 3. The lowest BCUT2D eigenvalue weighted by Gasteiger charge is -1.99. The van der Waals surface area contributed by atoms with Gasteiger partial charge in [0.2, 0.25) is 4.96 Å². The molecule has 0 unspecified atom stereocenters. The second kappa shape index (κ2) is 5.89. The normalized spacial score (nSPS) is 11.6. The Labute approximate surface area is 138 Å². The molecule has 8 heteroatoms. The van der Waals surface area contributed by atoms with Gasteiger partial charge in [-0.05, 0) is 35.9 Å². The van der Waals surface area contributed by atoms with Crippen LogP contribution in [0.2, 0.25) is 0 Å². The Morgan fingerprint density at radius 2 is 2.00 bits per heavy atom. The fourth-order valence-electron chi connectivity index (χ4n) is 2.18. The Bertz CT molecular complexity index is 1040.